The molecule has 1 unspecified atom stereocenters. The number of hydrogen-bond acceptors (Lipinski definition) is 5. The van der Waals surface area contributed by atoms with Crippen molar-refractivity contribution in [2.24, 2.45) is 7.05 Å². The van der Waals surface area contributed by atoms with Gasteiger partial charge in [0.25, 0.3) is 0 Å². The molecular formula is C26H32FN3O3. The number of hydrogen-bond donors (Lipinski definition) is 1. The molecule has 176 valence electrons. The summed E-state index contributed by atoms with van der Waals surface area (Å²) >= 11 is 0. The first-order valence-electron chi connectivity index (χ1n) is 11.5. The Hall–Kier alpha value is -2.74. The number of para-hydroxylation sites is 1. The van der Waals surface area contributed by atoms with Crippen LogP contribution in [0.2, 0.25) is 0 Å². The van der Waals surface area contributed by atoms with Gasteiger partial charge in [0.2, 0.25) is 5.88 Å². The zero-order chi connectivity index (χ0) is 23.4. The van der Waals surface area contributed by atoms with Crippen LogP contribution in [-0.2, 0) is 18.3 Å². The summed E-state index contributed by atoms with van der Waals surface area (Å²) in [4.78, 5) is 2.26. The number of ether oxygens (including phenoxy) is 2. The third-order valence-corrected chi connectivity index (χ3v) is 5.67. The van der Waals surface area contributed by atoms with Crippen LogP contribution >= 0.6 is 0 Å². The SMILES string of the molecule is CC(C)OCC(O)CN(Cc1c(-c2ccccc2)nn(C)c1Oc1ccccc1F)C1CC1. The minimum Gasteiger partial charge on any atom is -0.436 e. The Kier molecular flexibility index (Phi) is 7.42. The summed E-state index contributed by atoms with van der Waals surface area (Å²) in [7, 11) is 1.80. The number of aliphatic hydroxyl groups excluding tert-OH is 1. The number of benzene rings is 2. The van der Waals surface area contributed by atoms with Crippen LogP contribution in [0.1, 0.15) is 32.3 Å². The van der Waals surface area contributed by atoms with Crippen molar-refractivity contribution < 1.29 is 19.0 Å². The summed E-state index contributed by atoms with van der Waals surface area (Å²) in [5.41, 5.74) is 2.63. The lowest BCUT2D eigenvalue weighted by atomic mass is 10.1. The van der Waals surface area contributed by atoms with E-state index in [1.807, 2.05) is 44.2 Å². The molecule has 0 saturated heterocycles. The smallest absolute Gasteiger partial charge is 0.222 e. The van der Waals surface area contributed by atoms with Crippen LogP contribution in [0.5, 0.6) is 11.6 Å². The number of halogens is 1. The van der Waals surface area contributed by atoms with Gasteiger partial charge in [0.1, 0.15) is 5.69 Å². The highest BCUT2D eigenvalue weighted by Gasteiger charge is 2.33. The van der Waals surface area contributed by atoms with Gasteiger partial charge in [0.05, 0.1) is 24.4 Å². The van der Waals surface area contributed by atoms with Crippen molar-refractivity contribution in [1.29, 1.82) is 0 Å². The van der Waals surface area contributed by atoms with Crippen molar-refractivity contribution in [2.45, 2.75) is 51.5 Å². The summed E-state index contributed by atoms with van der Waals surface area (Å²) in [6.07, 6.45) is 1.64. The van der Waals surface area contributed by atoms with Gasteiger partial charge in [0.15, 0.2) is 11.6 Å². The molecule has 1 saturated carbocycles. The average molecular weight is 454 g/mol. The maximum Gasteiger partial charge on any atom is 0.222 e. The van der Waals surface area contributed by atoms with Crippen molar-refractivity contribution in [2.75, 3.05) is 13.2 Å². The fourth-order valence-corrected chi connectivity index (χ4v) is 3.89. The van der Waals surface area contributed by atoms with E-state index in [2.05, 4.69) is 4.90 Å². The molecule has 33 heavy (non-hydrogen) atoms. The molecule has 1 aromatic heterocycles. The van der Waals surface area contributed by atoms with Gasteiger partial charge in [0, 0.05) is 31.7 Å². The highest BCUT2D eigenvalue weighted by atomic mass is 19.1. The second-order valence-electron chi connectivity index (χ2n) is 8.85. The number of nitrogens with zero attached hydrogens (tertiary/aromatic N) is 3. The quantitative estimate of drug-likeness (QED) is 0.453. The molecule has 1 heterocycles. The molecule has 3 aromatic rings. The second kappa shape index (κ2) is 10.5. The van der Waals surface area contributed by atoms with Crippen molar-refractivity contribution in [3.63, 3.8) is 0 Å². The summed E-state index contributed by atoms with van der Waals surface area (Å²) in [5, 5.41) is 15.3. The van der Waals surface area contributed by atoms with Crippen LogP contribution in [-0.4, -0.2) is 51.2 Å². The zero-order valence-electron chi connectivity index (χ0n) is 19.4. The van der Waals surface area contributed by atoms with Crippen LogP contribution in [0.15, 0.2) is 54.6 Å². The van der Waals surface area contributed by atoms with Gasteiger partial charge in [-0.05, 0) is 38.8 Å². The van der Waals surface area contributed by atoms with Crippen LogP contribution in [0, 0.1) is 5.82 Å². The van der Waals surface area contributed by atoms with E-state index in [1.165, 1.54) is 6.07 Å². The Morgan fingerprint density at radius 2 is 1.82 bits per heavy atom. The minimum atomic E-state index is -0.596. The lowest BCUT2D eigenvalue weighted by molar-refractivity contribution is -0.0107. The third kappa shape index (κ3) is 5.99. The van der Waals surface area contributed by atoms with Gasteiger partial charge in [-0.1, -0.05) is 42.5 Å². The number of aryl methyl sites for hydroxylation is 1. The van der Waals surface area contributed by atoms with E-state index in [0.717, 1.165) is 29.7 Å². The minimum absolute atomic E-state index is 0.0674. The Labute approximate surface area is 194 Å². The molecular weight excluding hydrogens is 421 g/mol. The van der Waals surface area contributed by atoms with Crippen LogP contribution in [0.3, 0.4) is 0 Å². The molecule has 2 aromatic carbocycles. The molecule has 1 atom stereocenters. The molecule has 0 radical (unpaired) electrons. The lowest BCUT2D eigenvalue weighted by Gasteiger charge is -2.26. The van der Waals surface area contributed by atoms with Gasteiger partial charge in [-0.3, -0.25) is 4.90 Å². The highest BCUT2D eigenvalue weighted by Crippen LogP contribution is 2.37. The standard InChI is InChI=1S/C26H32FN3O3/c1-18(2)32-17-21(31)15-30(20-13-14-20)16-22-25(19-9-5-4-6-10-19)28-29(3)26(22)33-24-12-8-7-11-23(24)27/h4-12,18,20-21,31H,13-17H2,1-3H3. The van der Waals surface area contributed by atoms with E-state index < -0.39 is 11.9 Å². The lowest BCUT2D eigenvalue weighted by Crippen LogP contribution is -2.36. The summed E-state index contributed by atoms with van der Waals surface area (Å²) in [6, 6.07) is 16.7. The van der Waals surface area contributed by atoms with E-state index in [1.54, 1.807) is 29.9 Å². The summed E-state index contributed by atoms with van der Waals surface area (Å²) < 4.78 is 27.7. The number of rotatable bonds is 11. The Balaban J connectivity index is 1.66. The molecule has 1 fully saturated rings. The van der Waals surface area contributed by atoms with E-state index in [-0.39, 0.29) is 18.5 Å². The summed E-state index contributed by atoms with van der Waals surface area (Å²) in [5.74, 6) is 0.230. The Bertz CT molecular complexity index is 1050. The fourth-order valence-electron chi connectivity index (χ4n) is 3.89. The highest BCUT2D eigenvalue weighted by molar-refractivity contribution is 5.65. The number of aliphatic hydroxyl groups is 1. The second-order valence-corrected chi connectivity index (χ2v) is 8.85. The maximum absolute atomic E-state index is 14.4. The Morgan fingerprint density at radius 1 is 1.12 bits per heavy atom. The largest absolute Gasteiger partial charge is 0.436 e. The van der Waals surface area contributed by atoms with E-state index in [9.17, 15) is 9.50 Å². The van der Waals surface area contributed by atoms with Crippen molar-refractivity contribution in [3.05, 3.63) is 66.0 Å². The number of aromatic nitrogens is 2. The third-order valence-electron chi connectivity index (χ3n) is 5.67. The molecule has 0 bridgehead atoms. The van der Waals surface area contributed by atoms with Gasteiger partial charge in [-0.25, -0.2) is 9.07 Å². The topological polar surface area (TPSA) is 59.8 Å². The predicted octanol–water partition coefficient (Wildman–Crippen LogP) is 4.77. The molecule has 4 rings (SSSR count). The fraction of sp³-hybridized carbons (Fsp3) is 0.423. The van der Waals surface area contributed by atoms with Crippen molar-refractivity contribution in [1.82, 2.24) is 14.7 Å². The van der Waals surface area contributed by atoms with Crippen LogP contribution in [0.25, 0.3) is 11.3 Å². The first-order chi connectivity index (χ1) is 15.9. The van der Waals surface area contributed by atoms with Crippen molar-refractivity contribution in [3.8, 4) is 22.9 Å². The molecule has 0 spiro atoms. The average Bonchev–Trinajstić information content (AvgIpc) is 3.60. The maximum atomic E-state index is 14.4. The zero-order valence-corrected chi connectivity index (χ0v) is 19.4. The van der Waals surface area contributed by atoms with Crippen LogP contribution < -0.4 is 4.74 Å². The van der Waals surface area contributed by atoms with Gasteiger partial charge >= 0.3 is 0 Å². The molecule has 0 amide bonds. The first kappa shape index (κ1) is 23.4. The van der Waals surface area contributed by atoms with Gasteiger partial charge in [-0.15, -0.1) is 0 Å². The normalized spacial score (nSPS) is 14.8. The molecule has 7 heteroatoms. The van der Waals surface area contributed by atoms with Gasteiger partial charge < -0.3 is 14.6 Å². The van der Waals surface area contributed by atoms with E-state index >= 15 is 0 Å². The summed E-state index contributed by atoms with van der Waals surface area (Å²) in [6.45, 7) is 5.22. The Morgan fingerprint density at radius 3 is 2.48 bits per heavy atom. The molecule has 1 N–H and O–H groups in total. The van der Waals surface area contributed by atoms with E-state index in [4.69, 9.17) is 14.6 Å². The molecule has 0 aliphatic heterocycles. The molecule has 6 nitrogen and oxygen atoms in total. The monoisotopic (exact) mass is 453 g/mol. The molecule has 1 aliphatic rings. The first-order valence-corrected chi connectivity index (χ1v) is 11.5. The predicted molar refractivity (Wildman–Crippen MR) is 126 cm³/mol. The van der Waals surface area contributed by atoms with Gasteiger partial charge in [-0.2, -0.15) is 5.10 Å². The van der Waals surface area contributed by atoms with Crippen LogP contribution in [0.4, 0.5) is 4.39 Å². The molecule has 1 aliphatic carbocycles. The van der Waals surface area contributed by atoms with Crippen molar-refractivity contribution >= 4 is 0 Å². The van der Waals surface area contributed by atoms with E-state index in [0.29, 0.717) is 25.0 Å².